The molecule has 0 spiro atoms. The quantitative estimate of drug-likeness (QED) is 0.657. The molecule has 150 valence electrons. The molecular formula is C20H19F2N5O2. The van der Waals surface area contributed by atoms with E-state index in [-0.39, 0.29) is 11.3 Å². The molecule has 1 aliphatic heterocycles. The molecule has 29 heavy (non-hydrogen) atoms. The minimum Gasteiger partial charge on any atom is -0.435 e. The van der Waals surface area contributed by atoms with Gasteiger partial charge < -0.3 is 19.9 Å². The third-order valence-electron chi connectivity index (χ3n) is 4.61. The number of aromatic amines is 1. The van der Waals surface area contributed by atoms with Gasteiger partial charge in [0.2, 0.25) is 5.95 Å². The Morgan fingerprint density at radius 2 is 1.86 bits per heavy atom. The van der Waals surface area contributed by atoms with Crippen molar-refractivity contribution in [1.82, 2.24) is 15.0 Å². The summed E-state index contributed by atoms with van der Waals surface area (Å²) >= 11 is 0. The van der Waals surface area contributed by atoms with Crippen LogP contribution in [0.4, 0.5) is 26.2 Å². The van der Waals surface area contributed by atoms with Crippen molar-refractivity contribution in [3.8, 4) is 16.9 Å². The van der Waals surface area contributed by atoms with E-state index >= 15 is 0 Å². The minimum atomic E-state index is -2.87. The van der Waals surface area contributed by atoms with E-state index in [1.807, 2.05) is 0 Å². The van der Waals surface area contributed by atoms with E-state index in [4.69, 9.17) is 0 Å². The third kappa shape index (κ3) is 4.50. The Hall–Kier alpha value is -3.49. The van der Waals surface area contributed by atoms with E-state index in [2.05, 4.69) is 29.9 Å². The molecule has 4 rings (SSSR count). The highest BCUT2D eigenvalue weighted by molar-refractivity contribution is 5.69. The van der Waals surface area contributed by atoms with Crippen LogP contribution in [0.3, 0.4) is 0 Å². The summed E-state index contributed by atoms with van der Waals surface area (Å²) in [5.74, 6) is 1.22. The Balaban J connectivity index is 1.56. The summed E-state index contributed by atoms with van der Waals surface area (Å²) in [4.78, 5) is 25.8. The topological polar surface area (TPSA) is 83.1 Å². The van der Waals surface area contributed by atoms with Crippen LogP contribution >= 0.6 is 0 Å². The molecule has 3 aromatic rings. The van der Waals surface area contributed by atoms with Gasteiger partial charge in [0.1, 0.15) is 17.3 Å². The standard InChI is InChI=1S/C20H19F2N5O2/c21-19(22)29-15-5-3-13(4-6-15)14-11-16(18(28)24-12-14)25-17-7-8-23-20(26-17)27-9-1-2-10-27/h3-8,11-12,19H,1-2,9-10H2,(H,24,28)(H,23,25,26). The number of alkyl halides is 2. The monoisotopic (exact) mass is 399 g/mol. The van der Waals surface area contributed by atoms with Gasteiger partial charge in [-0.05, 0) is 42.7 Å². The lowest BCUT2D eigenvalue weighted by atomic mass is 10.1. The van der Waals surface area contributed by atoms with Gasteiger partial charge in [0.25, 0.3) is 5.56 Å². The number of hydrogen-bond donors (Lipinski definition) is 2. The molecule has 0 unspecified atom stereocenters. The highest BCUT2D eigenvalue weighted by atomic mass is 19.3. The second-order valence-electron chi connectivity index (χ2n) is 6.60. The van der Waals surface area contributed by atoms with Crippen molar-refractivity contribution >= 4 is 17.5 Å². The lowest BCUT2D eigenvalue weighted by molar-refractivity contribution is -0.0498. The first-order chi connectivity index (χ1) is 14.1. The molecule has 3 heterocycles. The molecule has 0 radical (unpaired) electrons. The van der Waals surface area contributed by atoms with Gasteiger partial charge in [0.05, 0.1) is 0 Å². The molecule has 0 atom stereocenters. The molecule has 0 saturated carbocycles. The van der Waals surface area contributed by atoms with Gasteiger partial charge in [-0.15, -0.1) is 0 Å². The van der Waals surface area contributed by atoms with Crippen LogP contribution in [-0.2, 0) is 0 Å². The van der Waals surface area contributed by atoms with Crippen molar-refractivity contribution in [2.24, 2.45) is 0 Å². The maximum absolute atomic E-state index is 12.3. The second kappa shape index (κ2) is 8.26. The highest BCUT2D eigenvalue weighted by Crippen LogP contribution is 2.25. The Bertz CT molecular complexity index is 1030. The Morgan fingerprint density at radius 1 is 1.10 bits per heavy atom. The van der Waals surface area contributed by atoms with Crippen molar-refractivity contribution in [1.29, 1.82) is 0 Å². The lowest BCUT2D eigenvalue weighted by Gasteiger charge is -2.15. The van der Waals surface area contributed by atoms with Gasteiger partial charge >= 0.3 is 6.61 Å². The maximum Gasteiger partial charge on any atom is 0.387 e. The van der Waals surface area contributed by atoms with Crippen molar-refractivity contribution < 1.29 is 13.5 Å². The fourth-order valence-corrected chi connectivity index (χ4v) is 3.20. The molecule has 2 N–H and O–H groups in total. The Morgan fingerprint density at radius 3 is 2.59 bits per heavy atom. The summed E-state index contributed by atoms with van der Waals surface area (Å²) < 4.78 is 28.9. The molecule has 0 amide bonds. The largest absolute Gasteiger partial charge is 0.435 e. The van der Waals surface area contributed by atoms with E-state index in [1.54, 1.807) is 36.7 Å². The van der Waals surface area contributed by atoms with E-state index in [0.29, 0.717) is 23.0 Å². The number of H-pyrrole nitrogens is 1. The third-order valence-corrected chi connectivity index (χ3v) is 4.61. The van der Waals surface area contributed by atoms with Crippen LogP contribution in [0.15, 0.2) is 53.6 Å². The number of ether oxygens (including phenoxy) is 1. The van der Waals surface area contributed by atoms with E-state index < -0.39 is 6.61 Å². The SMILES string of the molecule is O=c1[nH]cc(-c2ccc(OC(F)F)cc2)cc1Nc1ccnc(N2CCCC2)n1. The summed E-state index contributed by atoms with van der Waals surface area (Å²) in [7, 11) is 0. The summed E-state index contributed by atoms with van der Waals surface area (Å²) in [6.07, 6.45) is 5.45. The maximum atomic E-state index is 12.3. The Kier molecular flexibility index (Phi) is 5.37. The Labute approximate surface area is 165 Å². The molecule has 0 aliphatic carbocycles. The predicted molar refractivity (Wildman–Crippen MR) is 106 cm³/mol. The number of nitrogens with zero attached hydrogens (tertiary/aromatic N) is 3. The normalized spacial score (nSPS) is 13.7. The van der Waals surface area contributed by atoms with Crippen LogP contribution in [-0.4, -0.2) is 34.7 Å². The fourth-order valence-electron chi connectivity index (χ4n) is 3.20. The summed E-state index contributed by atoms with van der Waals surface area (Å²) in [5.41, 5.74) is 1.48. The zero-order valence-electron chi connectivity index (χ0n) is 15.4. The van der Waals surface area contributed by atoms with Gasteiger partial charge in [-0.2, -0.15) is 13.8 Å². The van der Waals surface area contributed by atoms with Crippen LogP contribution < -0.4 is 20.5 Å². The van der Waals surface area contributed by atoms with Crippen LogP contribution in [0.5, 0.6) is 5.75 Å². The number of nitrogens with one attached hydrogen (secondary N) is 2. The average molecular weight is 399 g/mol. The fraction of sp³-hybridized carbons (Fsp3) is 0.250. The van der Waals surface area contributed by atoms with Crippen LogP contribution in [0.1, 0.15) is 12.8 Å². The molecule has 1 aliphatic rings. The molecule has 7 nitrogen and oxygen atoms in total. The number of halogens is 2. The van der Waals surface area contributed by atoms with Gasteiger partial charge in [-0.3, -0.25) is 4.79 Å². The molecule has 2 aromatic heterocycles. The number of aromatic nitrogens is 3. The minimum absolute atomic E-state index is 0.0713. The van der Waals surface area contributed by atoms with Gasteiger partial charge in [-0.1, -0.05) is 12.1 Å². The zero-order chi connectivity index (χ0) is 20.2. The van der Waals surface area contributed by atoms with E-state index in [9.17, 15) is 13.6 Å². The van der Waals surface area contributed by atoms with Gasteiger partial charge in [0, 0.05) is 31.0 Å². The van der Waals surface area contributed by atoms with Crippen LogP contribution in [0.2, 0.25) is 0 Å². The summed E-state index contributed by atoms with van der Waals surface area (Å²) in [5, 5.41) is 3.04. The summed E-state index contributed by atoms with van der Waals surface area (Å²) in [6.45, 7) is -1.03. The molecular weight excluding hydrogens is 380 g/mol. The molecule has 1 aromatic carbocycles. The molecule has 9 heteroatoms. The average Bonchev–Trinajstić information content (AvgIpc) is 3.25. The highest BCUT2D eigenvalue weighted by Gasteiger charge is 2.15. The van der Waals surface area contributed by atoms with Crippen molar-refractivity contribution in [2.45, 2.75) is 19.5 Å². The lowest BCUT2D eigenvalue weighted by Crippen LogP contribution is -2.20. The number of rotatable bonds is 6. The van der Waals surface area contributed by atoms with E-state index in [0.717, 1.165) is 31.5 Å². The number of benzene rings is 1. The molecule has 1 saturated heterocycles. The van der Waals surface area contributed by atoms with E-state index in [1.165, 1.54) is 12.1 Å². The summed E-state index contributed by atoms with van der Waals surface area (Å²) in [6, 6.07) is 9.57. The van der Waals surface area contributed by atoms with Crippen molar-refractivity contribution in [3.05, 3.63) is 59.1 Å². The van der Waals surface area contributed by atoms with Gasteiger partial charge in [0.15, 0.2) is 0 Å². The van der Waals surface area contributed by atoms with Crippen molar-refractivity contribution in [3.63, 3.8) is 0 Å². The smallest absolute Gasteiger partial charge is 0.387 e. The van der Waals surface area contributed by atoms with Crippen LogP contribution in [0, 0.1) is 0 Å². The number of anilines is 3. The molecule has 1 fully saturated rings. The van der Waals surface area contributed by atoms with Crippen molar-refractivity contribution in [2.75, 3.05) is 23.3 Å². The first-order valence-corrected chi connectivity index (χ1v) is 9.21. The van der Waals surface area contributed by atoms with Crippen LogP contribution in [0.25, 0.3) is 11.1 Å². The first kappa shape index (κ1) is 18.9. The number of pyridine rings is 1. The first-order valence-electron chi connectivity index (χ1n) is 9.21. The van der Waals surface area contributed by atoms with Gasteiger partial charge in [-0.25, -0.2) is 4.98 Å². The molecule has 0 bridgehead atoms. The second-order valence-corrected chi connectivity index (χ2v) is 6.60. The zero-order valence-corrected chi connectivity index (χ0v) is 15.4. The number of hydrogen-bond acceptors (Lipinski definition) is 6. The predicted octanol–water partition coefficient (Wildman–Crippen LogP) is 3.78.